The number of benzene rings is 1. The second kappa shape index (κ2) is 7.85. The van der Waals surface area contributed by atoms with Crippen LogP contribution >= 0.6 is 0 Å². The van der Waals surface area contributed by atoms with E-state index >= 15 is 0 Å². The molecule has 0 aromatic heterocycles. The average Bonchev–Trinajstić information content (AvgIpc) is 2.40. The van der Waals surface area contributed by atoms with Crippen molar-refractivity contribution in [3.05, 3.63) is 18.2 Å². The Morgan fingerprint density at radius 3 is 2.61 bits per heavy atom. The van der Waals surface area contributed by atoms with Crippen LogP contribution in [0.2, 0.25) is 0 Å². The lowest BCUT2D eigenvalue weighted by Gasteiger charge is -2.17. The summed E-state index contributed by atoms with van der Waals surface area (Å²) in [7, 11) is 1.63. The van der Waals surface area contributed by atoms with Crippen molar-refractivity contribution in [1.29, 1.82) is 0 Å². The molecule has 1 atom stereocenters. The standard InChI is InChI=1S/C15H25NO2/c1-4-6-7-12(5-2)11-18-14-9-8-13(16)10-15(14)17-3/h8-10,12H,4-7,11,16H2,1-3H3. The molecule has 1 unspecified atom stereocenters. The van der Waals surface area contributed by atoms with Crippen LogP contribution in [0.1, 0.15) is 39.5 Å². The number of unbranched alkanes of at least 4 members (excludes halogenated alkanes) is 1. The van der Waals surface area contributed by atoms with Gasteiger partial charge in [0.1, 0.15) is 0 Å². The normalized spacial score (nSPS) is 12.2. The number of anilines is 1. The van der Waals surface area contributed by atoms with Crippen LogP contribution in [0.5, 0.6) is 11.5 Å². The molecule has 1 rings (SSSR count). The number of hydrogen-bond acceptors (Lipinski definition) is 3. The Labute approximate surface area is 110 Å². The lowest BCUT2D eigenvalue weighted by molar-refractivity contribution is 0.224. The van der Waals surface area contributed by atoms with Crippen LogP contribution in [-0.2, 0) is 0 Å². The maximum atomic E-state index is 5.85. The molecule has 3 nitrogen and oxygen atoms in total. The lowest BCUT2D eigenvalue weighted by Crippen LogP contribution is -2.11. The summed E-state index contributed by atoms with van der Waals surface area (Å²) in [6.45, 7) is 5.18. The van der Waals surface area contributed by atoms with Crippen LogP contribution in [-0.4, -0.2) is 13.7 Å². The summed E-state index contributed by atoms with van der Waals surface area (Å²) in [5.74, 6) is 2.11. The van der Waals surface area contributed by atoms with Crippen molar-refractivity contribution in [3.8, 4) is 11.5 Å². The van der Waals surface area contributed by atoms with E-state index in [9.17, 15) is 0 Å². The van der Waals surface area contributed by atoms with Crippen molar-refractivity contribution in [3.63, 3.8) is 0 Å². The number of ether oxygens (including phenoxy) is 2. The fourth-order valence-electron chi connectivity index (χ4n) is 1.91. The largest absolute Gasteiger partial charge is 0.493 e. The third-order valence-corrected chi connectivity index (χ3v) is 3.21. The lowest BCUT2D eigenvalue weighted by atomic mass is 10.0. The van der Waals surface area contributed by atoms with Crippen molar-refractivity contribution in [2.24, 2.45) is 5.92 Å². The first-order chi connectivity index (χ1) is 8.71. The maximum absolute atomic E-state index is 5.85. The first kappa shape index (κ1) is 14.7. The maximum Gasteiger partial charge on any atom is 0.162 e. The highest BCUT2D eigenvalue weighted by atomic mass is 16.5. The summed E-state index contributed by atoms with van der Waals surface area (Å²) in [5, 5.41) is 0. The molecule has 1 aromatic carbocycles. The third-order valence-electron chi connectivity index (χ3n) is 3.21. The summed E-state index contributed by atoms with van der Waals surface area (Å²) in [6, 6.07) is 5.51. The highest BCUT2D eigenvalue weighted by molar-refractivity contribution is 5.51. The summed E-state index contributed by atoms with van der Waals surface area (Å²) < 4.78 is 11.1. The summed E-state index contributed by atoms with van der Waals surface area (Å²) in [4.78, 5) is 0. The van der Waals surface area contributed by atoms with E-state index in [1.807, 2.05) is 12.1 Å². The van der Waals surface area contributed by atoms with Gasteiger partial charge in [-0.15, -0.1) is 0 Å². The van der Waals surface area contributed by atoms with E-state index in [0.29, 0.717) is 17.4 Å². The Morgan fingerprint density at radius 1 is 1.22 bits per heavy atom. The topological polar surface area (TPSA) is 44.5 Å². The van der Waals surface area contributed by atoms with Gasteiger partial charge in [-0.05, 0) is 24.5 Å². The zero-order valence-electron chi connectivity index (χ0n) is 11.7. The molecular formula is C15H25NO2. The second-order valence-corrected chi connectivity index (χ2v) is 4.64. The van der Waals surface area contributed by atoms with Gasteiger partial charge in [0, 0.05) is 11.8 Å². The van der Waals surface area contributed by atoms with Gasteiger partial charge in [-0.2, -0.15) is 0 Å². The van der Waals surface area contributed by atoms with Gasteiger partial charge in [0.15, 0.2) is 11.5 Å². The zero-order valence-corrected chi connectivity index (χ0v) is 11.7. The summed E-state index contributed by atoms with van der Waals surface area (Å²) in [5.41, 5.74) is 6.41. The van der Waals surface area contributed by atoms with Crippen LogP contribution in [0.4, 0.5) is 5.69 Å². The molecule has 1 aromatic rings. The summed E-state index contributed by atoms with van der Waals surface area (Å²) >= 11 is 0. The fraction of sp³-hybridized carbons (Fsp3) is 0.600. The highest BCUT2D eigenvalue weighted by Gasteiger charge is 2.09. The Hall–Kier alpha value is -1.38. The molecule has 0 aliphatic heterocycles. The van der Waals surface area contributed by atoms with Crippen LogP contribution < -0.4 is 15.2 Å². The molecule has 3 heteroatoms. The van der Waals surface area contributed by atoms with Crippen molar-refractivity contribution in [2.75, 3.05) is 19.5 Å². The Bertz CT molecular complexity index is 352. The van der Waals surface area contributed by atoms with Gasteiger partial charge < -0.3 is 15.2 Å². The van der Waals surface area contributed by atoms with E-state index in [1.54, 1.807) is 13.2 Å². The second-order valence-electron chi connectivity index (χ2n) is 4.64. The average molecular weight is 251 g/mol. The number of nitrogens with two attached hydrogens (primary N) is 1. The smallest absolute Gasteiger partial charge is 0.162 e. The molecule has 0 fully saturated rings. The highest BCUT2D eigenvalue weighted by Crippen LogP contribution is 2.29. The van der Waals surface area contributed by atoms with Crippen molar-refractivity contribution >= 4 is 5.69 Å². The molecular weight excluding hydrogens is 226 g/mol. The van der Waals surface area contributed by atoms with E-state index in [-0.39, 0.29) is 0 Å². The summed E-state index contributed by atoms with van der Waals surface area (Å²) in [6.07, 6.45) is 4.88. The first-order valence-electron chi connectivity index (χ1n) is 6.77. The van der Waals surface area contributed by atoms with Gasteiger partial charge in [-0.25, -0.2) is 0 Å². The number of methoxy groups -OCH3 is 1. The number of hydrogen-bond donors (Lipinski definition) is 1. The van der Waals surface area contributed by atoms with Gasteiger partial charge in [0.05, 0.1) is 13.7 Å². The van der Waals surface area contributed by atoms with Crippen molar-refractivity contribution in [2.45, 2.75) is 39.5 Å². The molecule has 0 aliphatic carbocycles. The van der Waals surface area contributed by atoms with Gasteiger partial charge in [-0.1, -0.05) is 33.1 Å². The number of rotatable bonds is 8. The Balaban J connectivity index is 2.56. The predicted molar refractivity (Wildman–Crippen MR) is 76.2 cm³/mol. The van der Waals surface area contributed by atoms with E-state index in [0.717, 1.165) is 18.8 Å². The molecule has 0 saturated carbocycles. The zero-order chi connectivity index (χ0) is 13.4. The first-order valence-corrected chi connectivity index (χ1v) is 6.77. The predicted octanol–water partition coefficient (Wildman–Crippen LogP) is 3.87. The molecule has 18 heavy (non-hydrogen) atoms. The third kappa shape index (κ3) is 4.47. The van der Waals surface area contributed by atoms with E-state index < -0.39 is 0 Å². The molecule has 102 valence electrons. The van der Waals surface area contributed by atoms with Crippen molar-refractivity contribution < 1.29 is 9.47 Å². The van der Waals surface area contributed by atoms with Crippen molar-refractivity contribution in [1.82, 2.24) is 0 Å². The molecule has 0 radical (unpaired) electrons. The van der Waals surface area contributed by atoms with Gasteiger partial charge in [0.25, 0.3) is 0 Å². The van der Waals surface area contributed by atoms with E-state index in [2.05, 4.69) is 13.8 Å². The van der Waals surface area contributed by atoms with Gasteiger partial charge >= 0.3 is 0 Å². The Kier molecular flexibility index (Phi) is 6.40. The minimum absolute atomic E-state index is 0.618. The van der Waals surface area contributed by atoms with Crippen LogP contribution in [0.25, 0.3) is 0 Å². The molecule has 0 amide bonds. The minimum Gasteiger partial charge on any atom is -0.493 e. The van der Waals surface area contributed by atoms with Gasteiger partial charge in [-0.3, -0.25) is 0 Å². The Morgan fingerprint density at radius 2 is 2.00 bits per heavy atom. The monoisotopic (exact) mass is 251 g/mol. The fourth-order valence-corrected chi connectivity index (χ4v) is 1.91. The molecule has 2 N–H and O–H groups in total. The molecule has 0 saturated heterocycles. The molecule has 0 heterocycles. The molecule has 0 spiro atoms. The molecule has 0 bridgehead atoms. The van der Waals surface area contributed by atoms with Crippen LogP contribution in [0.15, 0.2) is 18.2 Å². The minimum atomic E-state index is 0.618. The van der Waals surface area contributed by atoms with Gasteiger partial charge in [0.2, 0.25) is 0 Å². The van der Waals surface area contributed by atoms with E-state index in [1.165, 1.54) is 19.3 Å². The molecule has 0 aliphatic rings. The SMILES string of the molecule is CCCCC(CC)COc1ccc(N)cc1OC. The van der Waals surface area contributed by atoms with Crippen LogP contribution in [0, 0.1) is 5.92 Å². The van der Waals surface area contributed by atoms with E-state index in [4.69, 9.17) is 15.2 Å². The van der Waals surface area contributed by atoms with Crippen LogP contribution in [0.3, 0.4) is 0 Å². The quantitative estimate of drug-likeness (QED) is 0.713. The number of nitrogen functional groups attached to an aromatic ring is 1.